The lowest BCUT2D eigenvalue weighted by molar-refractivity contribution is -0.141. The van der Waals surface area contributed by atoms with Gasteiger partial charge in [0.15, 0.2) is 0 Å². The molecule has 0 aromatic heterocycles. The normalized spacial score (nSPS) is 28.9. The molecule has 2 aliphatic heterocycles. The summed E-state index contributed by atoms with van der Waals surface area (Å²) in [7, 11) is 0. The minimum absolute atomic E-state index is 0.0851. The molecule has 1 saturated heterocycles. The summed E-state index contributed by atoms with van der Waals surface area (Å²) in [5.41, 5.74) is 1.63. The van der Waals surface area contributed by atoms with Crippen LogP contribution in [0.3, 0.4) is 0 Å². The van der Waals surface area contributed by atoms with Gasteiger partial charge in [0.2, 0.25) is 0 Å². The van der Waals surface area contributed by atoms with E-state index in [1.807, 2.05) is 12.1 Å². The van der Waals surface area contributed by atoms with E-state index in [4.69, 9.17) is 4.74 Å². The number of benzene rings is 1. The van der Waals surface area contributed by atoms with E-state index in [0.29, 0.717) is 24.5 Å². The second-order valence-electron chi connectivity index (χ2n) is 6.84. The first-order chi connectivity index (χ1) is 11.1. The van der Waals surface area contributed by atoms with Crippen molar-refractivity contribution in [2.75, 3.05) is 6.61 Å². The third kappa shape index (κ3) is 2.38. The summed E-state index contributed by atoms with van der Waals surface area (Å²) in [6, 6.07) is 4.88. The number of amides is 1. The highest BCUT2D eigenvalue weighted by molar-refractivity contribution is 5.97. The fourth-order valence-corrected chi connectivity index (χ4v) is 4.44. The van der Waals surface area contributed by atoms with Crippen LogP contribution in [-0.2, 0) is 11.2 Å². The van der Waals surface area contributed by atoms with Crippen molar-refractivity contribution in [3.8, 4) is 5.75 Å². The average Bonchev–Trinajstić information content (AvgIpc) is 3.17. The average molecular weight is 315 g/mol. The van der Waals surface area contributed by atoms with Crippen LogP contribution in [0.25, 0.3) is 0 Å². The van der Waals surface area contributed by atoms with Crippen LogP contribution in [-0.4, -0.2) is 40.6 Å². The number of nitrogens with zero attached hydrogens (tertiary/aromatic N) is 1. The van der Waals surface area contributed by atoms with E-state index in [-0.39, 0.29) is 11.9 Å². The van der Waals surface area contributed by atoms with Crippen molar-refractivity contribution in [1.82, 2.24) is 4.90 Å². The van der Waals surface area contributed by atoms with Crippen molar-refractivity contribution in [1.29, 1.82) is 0 Å². The molecule has 5 heteroatoms. The molecule has 5 nitrogen and oxygen atoms in total. The first-order valence-corrected chi connectivity index (χ1v) is 8.46. The van der Waals surface area contributed by atoms with E-state index in [1.165, 1.54) is 0 Å². The number of rotatable bonds is 2. The summed E-state index contributed by atoms with van der Waals surface area (Å²) in [5, 5.41) is 9.57. The number of carbonyl (C=O) groups excluding carboxylic acids is 1. The predicted molar refractivity (Wildman–Crippen MR) is 83.6 cm³/mol. The predicted octanol–water partition coefficient (Wildman–Crippen LogP) is 2.48. The molecular formula is C18H21NO4. The van der Waals surface area contributed by atoms with Crippen molar-refractivity contribution in [2.24, 2.45) is 5.92 Å². The molecule has 1 aromatic rings. The number of carbonyl (C=O) groups is 2. The highest BCUT2D eigenvalue weighted by Crippen LogP contribution is 2.40. The van der Waals surface area contributed by atoms with Gasteiger partial charge in [0, 0.05) is 18.0 Å². The van der Waals surface area contributed by atoms with Gasteiger partial charge < -0.3 is 14.7 Å². The molecule has 122 valence electrons. The molecule has 4 rings (SSSR count). The van der Waals surface area contributed by atoms with E-state index >= 15 is 0 Å². The van der Waals surface area contributed by atoms with Crippen molar-refractivity contribution in [3.05, 3.63) is 29.3 Å². The fraction of sp³-hybridized carbons (Fsp3) is 0.556. The smallest absolute Gasteiger partial charge is 0.326 e. The van der Waals surface area contributed by atoms with Gasteiger partial charge in [0.1, 0.15) is 11.8 Å². The number of hydrogen-bond acceptors (Lipinski definition) is 3. The van der Waals surface area contributed by atoms with Crippen LogP contribution in [0, 0.1) is 5.92 Å². The zero-order valence-corrected chi connectivity index (χ0v) is 13.0. The van der Waals surface area contributed by atoms with Crippen molar-refractivity contribution in [2.45, 2.75) is 50.6 Å². The summed E-state index contributed by atoms with van der Waals surface area (Å²) in [6.45, 7) is 0.652. The largest absolute Gasteiger partial charge is 0.493 e. The monoisotopic (exact) mass is 315 g/mol. The Morgan fingerprint density at radius 3 is 2.87 bits per heavy atom. The van der Waals surface area contributed by atoms with Gasteiger partial charge in [-0.2, -0.15) is 0 Å². The van der Waals surface area contributed by atoms with Crippen LogP contribution in [0.5, 0.6) is 5.75 Å². The molecule has 0 bridgehead atoms. The molecule has 1 saturated carbocycles. The molecule has 23 heavy (non-hydrogen) atoms. The lowest BCUT2D eigenvalue weighted by atomic mass is 9.84. The first kappa shape index (κ1) is 14.5. The third-order valence-corrected chi connectivity index (χ3v) is 5.54. The van der Waals surface area contributed by atoms with E-state index < -0.39 is 12.0 Å². The summed E-state index contributed by atoms with van der Waals surface area (Å²) in [4.78, 5) is 26.4. The Kier molecular flexibility index (Phi) is 3.51. The van der Waals surface area contributed by atoms with Gasteiger partial charge >= 0.3 is 5.97 Å². The second kappa shape index (κ2) is 5.55. The molecule has 0 radical (unpaired) electrons. The van der Waals surface area contributed by atoms with Crippen molar-refractivity contribution < 1.29 is 19.4 Å². The van der Waals surface area contributed by atoms with Crippen LogP contribution in [0.15, 0.2) is 18.2 Å². The SMILES string of the molecule is O=C(O)[C@@H]1C[C@@H]2CCCC[C@@H]2N1C(=O)c1ccc2c(c1)CCO2. The number of carboxylic acids is 1. The maximum atomic E-state index is 13.0. The van der Waals surface area contributed by atoms with Crippen LogP contribution in [0.1, 0.15) is 48.0 Å². The van der Waals surface area contributed by atoms with Gasteiger partial charge in [-0.3, -0.25) is 4.79 Å². The third-order valence-electron chi connectivity index (χ3n) is 5.54. The van der Waals surface area contributed by atoms with E-state index in [9.17, 15) is 14.7 Å². The molecule has 2 fully saturated rings. The molecule has 1 aliphatic carbocycles. The molecule has 1 aromatic carbocycles. The van der Waals surface area contributed by atoms with Gasteiger partial charge in [0.25, 0.3) is 5.91 Å². The van der Waals surface area contributed by atoms with Gasteiger partial charge in [-0.05, 0) is 48.9 Å². The molecule has 1 amide bonds. The number of fused-ring (bicyclic) bond motifs is 2. The lowest BCUT2D eigenvalue weighted by Gasteiger charge is -2.33. The van der Waals surface area contributed by atoms with Crippen LogP contribution < -0.4 is 4.74 Å². The van der Waals surface area contributed by atoms with E-state index in [2.05, 4.69) is 0 Å². The maximum absolute atomic E-state index is 13.0. The Morgan fingerprint density at radius 2 is 2.04 bits per heavy atom. The Bertz CT molecular complexity index is 656. The summed E-state index contributed by atoms with van der Waals surface area (Å²) >= 11 is 0. The Balaban J connectivity index is 1.66. The van der Waals surface area contributed by atoms with Gasteiger partial charge in [0.05, 0.1) is 6.61 Å². The van der Waals surface area contributed by atoms with Crippen LogP contribution in [0.2, 0.25) is 0 Å². The standard InChI is InChI=1S/C18H21NO4/c20-17(13-5-6-16-12(9-13)7-8-23-16)19-14-4-2-1-3-11(14)10-15(19)18(21)22/h5-6,9,11,14-15H,1-4,7-8,10H2,(H,21,22)/t11-,14-,15-/m0/s1. The zero-order valence-electron chi connectivity index (χ0n) is 13.0. The highest BCUT2D eigenvalue weighted by atomic mass is 16.5. The van der Waals surface area contributed by atoms with Crippen LogP contribution in [0.4, 0.5) is 0 Å². The minimum atomic E-state index is -0.878. The van der Waals surface area contributed by atoms with Crippen molar-refractivity contribution >= 4 is 11.9 Å². The molecule has 0 unspecified atom stereocenters. The molecule has 2 heterocycles. The van der Waals surface area contributed by atoms with Gasteiger partial charge in [-0.15, -0.1) is 0 Å². The number of carboxylic acid groups (broad SMARTS) is 1. The number of ether oxygens (including phenoxy) is 1. The maximum Gasteiger partial charge on any atom is 0.326 e. The first-order valence-electron chi connectivity index (χ1n) is 8.46. The molecular weight excluding hydrogens is 294 g/mol. The number of aliphatic carboxylic acids is 1. The summed E-state index contributed by atoms with van der Waals surface area (Å²) < 4.78 is 5.48. The Hall–Kier alpha value is -2.04. The minimum Gasteiger partial charge on any atom is -0.493 e. The van der Waals surface area contributed by atoms with E-state index in [0.717, 1.165) is 43.4 Å². The summed E-state index contributed by atoms with van der Waals surface area (Å²) in [5.74, 6) is 0.165. The quantitative estimate of drug-likeness (QED) is 0.910. The molecule has 0 spiro atoms. The number of likely N-dealkylation sites (tertiary alicyclic amines) is 1. The molecule has 3 atom stereocenters. The second-order valence-corrected chi connectivity index (χ2v) is 6.84. The topological polar surface area (TPSA) is 66.8 Å². The lowest BCUT2D eigenvalue weighted by Crippen LogP contribution is -2.46. The fourth-order valence-electron chi connectivity index (χ4n) is 4.44. The van der Waals surface area contributed by atoms with Gasteiger partial charge in [-0.25, -0.2) is 4.79 Å². The summed E-state index contributed by atoms with van der Waals surface area (Å²) in [6.07, 6.45) is 5.59. The van der Waals surface area contributed by atoms with Gasteiger partial charge in [-0.1, -0.05) is 12.8 Å². The Labute approximate surface area is 135 Å². The highest BCUT2D eigenvalue weighted by Gasteiger charge is 2.47. The molecule has 3 aliphatic rings. The van der Waals surface area contributed by atoms with Crippen LogP contribution >= 0.6 is 0 Å². The van der Waals surface area contributed by atoms with Crippen molar-refractivity contribution in [3.63, 3.8) is 0 Å². The molecule has 1 N–H and O–H groups in total. The Morgan fingerprint density at radius 1 is 1.22 bits per heavy atom. The zero-order chi connectivity index (χ0) is 16.0. The van der Waals surface area contributed by atoms with E-state index in [1.54, 1.807) is 11.0 Å². The number of hydrogen-bond donors (Lipinski definition) is 1.